The summed E-state index contributed by atoms with van der Waals surface area (Å²) in [6.07, 6.45) is 0. The van der Waals surface area contributed by atoms with E-state index in [9.17, 15) is 9.59 Å². The van der Waals surface area contributed by atoms with Gasteiger partial charge in [-0.15, -0.1) is 0 Å². The molecule has 0 atom stereocenters. The third-order valence-electron chi connectivity index (χ3n) is 5.24. The molecule has 32 heavy (non-hydrogen) atoms. The average molecular weight is 509 g/mol. The summed E-state index contributed by atoms with van der Waals surface area (Å²) in [6.45, 7) is 3.52. The van der Waals surface area contributed by atoms with Crippen LogP contribution in [0, 0.1) is 13.8 Å². The number of carbonyl (C=O) groups is 2. The van der Waals surface area contributed by atoms with Crippen LogP contribution in [0.15, 0.2) is 71.2 Å². The molecule has 160 valence electrons. The largest absolute Gasteiger partial charge is 0.454 e. The van der Waals surface area contributed by atoms with Crippen molar-refractivity contribution >= 4 is 50.2 Å². The van der Waals surface area contributed by atoms with Crippen LogP contribution in [0.4, 0.5) is 0 Å². The number of carbonyl (C=O) groups excluding carboxylic acids is 2. The third-order valence-corrected chi connectivity index (χ3v) is 6.17. The number of aromatic nitrogens is 1. The van der Waals surface area contributed by atoms with Crippen molar-refractivity contribution in [2.45, 2.75) is 13.8 Å². The van der Waals surface area contributed by atoms with Gasteiger partial charge in [0, 0.05) is 26.0 Å². The summed E-state index contributed by atoms with van der Waals surface area (Å²) < 4.78 is 6.27. The standard InChI is InChI=1S/C26H19BrClNO3/c1-15-3-5-17(6-4-15)23-13-21(20-11-12-22(28)16(2)25(20)29-23)26(31)32-14-24(30)18-7-9-19(27)10-8-18/h3-13H,14H2,1-2H3. The normalized spacial score (nSPS) is 10.9. The molecule has 0 spiro atoms. The highest BCUT2D eigenvalue weighted by atomic mass is 79.9. The van der Waals surface area contributed by atoms with Crippen LogP contribution in [-0.4, -0.2) is 23.3 Å². The van der Waals surface area contributed by atoms with Crippen molar-refractivity contribution in [3.63, 3.8) is 0 Å². The molecule has 0 amide bonds. The average Bonchev–Trinajstić information content (AvgIpc) is 2.80. The zero-order valence-electron chi connectivity index (χ0n) is 17.5. The van der Waals surface area contributed by atoms with Crippen molar-refractivity contribution in [1.29, 1.82) is 0 Å². The summed E-state index contributed by atoms with van der Waals surface area (Å²) in [5, 5.41) is 1.19. The van der Waals surface area contributed by atoms with Crippen LogP contribution < -0.4 is 0 Å². The Morgan fingerprint density at radius 2 is 1.66 bits per heavy atom. The van der Waals surface area contributed by atoms with Crippen LogP contribution in [0.2, 0.25) is 5.02 Å². The summed E-state index contributed by atoms with van der Waals surface area (Å²) in [5.41, 5.74) is 4.85. The number of halogens is 2. The SMILES string of the molecule is Cc1ccc(-c2cc(C(=O)OCC(=O)c3ccc(Br)cc3)c3ccc(Cl)c(C)c3n2)cc1. The predicted octanol–water partition coefficient (Wildman–Crippen LogP) is 6.97. The van der Waals surface area contributed by atoms with E-state index in [1.807, 2.05) is 38.1 Å². The van der Waals surface area contributed by atoms with Crippen LogP contribution in [-0.2, 0) is 4.74 Å². The Balaban J connectivity index is 1.70. The van der Waals surface area contributed by atoms with Gasteiger partial charge >= 0.3 is 5.97 Å². The fourth-order valence-electron chi connectivity index (χ4n) is 3.37. The molecule has 1 heterocycles. The summed E-state index contributed by atoms with van der Waals surface area (Å²) in [6, 6.07) is 20.0. The monoisotopic (exact) mass is 507 g/mol. The fourth-order valence-corrected chi connectivity index (χ4v) is 3.79. The van der Waals surface area contributed by atoms with Crippen molar-refractivity contribution in [2.75, 3.05) is 6.61 Å². The highest BCUT2D eigenvalue weighted by Crippen LogP contribution is 2.30. The number of Topliss-reactive ketones (excluding diaryl/α,β-unsaturated/α-hetero) is 1. The Kier molecular flexibility index (Phi) is 6.40. The van der Waals surface area contributed by atoms with E-state index in [2.05, 4.69) is 15.9 Å². The number of fused-ring (bicyclic) bond motifs is 1. The number of aryl methyl sites for hydroxylation is 2. The Morgan fingerprint density at radius 1 is 0.969 bits per heavy atom. The van der Waals surface area contributed by atoms with E-state index in [4.69, 9.17) is 21.3 Å². The van der Waals surface area contributed by atoms with Gasteiger partial charge in [-0.2, -0.15) is 0 Å². The second-order valence-electron chi connectivity index (χ2n) is 7.50. The lowest BCUT2D eigenvalue weighted by atomic mass is 10.0. The minimum Gasteiger partial charge on any atom is -0.454 e. The topological polar surface area (TPSA) is 56.3 Å². The molecule has 0 saturated carbocycles. The summed E-state index contributed by atoms with van der Waals surface area (Å²) in [5.74, 6) is -0.861. The van der Waals surface area contributed by atoms with Gasteiger partial charge in [-0.3, -0.25) is 4.79 Å². The molecule has 0 unspecified atom stereocenters. The molecule has 6 heteroatoms. The quantitative estimate of drug-likeness (QED) is 0.216. The van der Waals surface area contributed by atoms with Gasteiger partial charge in [0.2, 0.25) is 0 Å². The molecular weight excluding hydrogens is 490 g/mol. The van der Waals surface area contributed by atoms with Crippen LogP contribution in [0.25, 0.3) is 22.2 Å². The predicted molar refractivity (Wildman–Crippen MR) is 130 cm³/mol. The molecule has 0 radical (unpaired) electrons. The van der Waals surface area contributed by atoms with Crippen molar-refractivity contribution in [2.24, 2.45) is 0 Å². The van der Waals surface area contributed by atoms with Crippen LogP contribution in [0.3, 0.4) is 0 Å². The number of benzene rings is 3. The molecule has 0 fully saturated rings. The van der Waals surface area contributed by atoms with Crippen molar-refractivity contribution < 1.29 is 14.3 Å². The molecule has 1 aromatic heterocycles. The molecule has 0 bridgehead atoms. The van der Waals surface area contributed by atoms with Crippen molar-refractivity contribution in [3.05, 3.63) is 98.5 Å². The number of rotatable bonds is 5. The first-order chi connectivity index (χ1) is 15.3. The van der Waals surface area contributed by atoms with E-state index >= 15 is 0 Å². The van der Waals surface area contributed by atoms with E-state index in [1.165, 1.54) is 0 Å². The van der Waals surface area contributed by atoms with Gasteiger partial charge in [0.1, 0.15) is 0 Å². The van der Waals surface area contributed by atoms with Crippen molar-refractivity contribution in [1.82, 2.24) is 4.98 Å². The van der Waals surface area contributed by atoms with Crippen LogP contribution in [0.1, 0.15) is 31.8 Å². The Bertz CT molecular complexity index is 1330. The first-order valence-electron chi connectivity index (χ1n) is 9.96. The number of pyridine rings is 1. The van der Waals surface area contributed by atoms with Gasteiger partial charge in [0.15, 0.2) is 12.4 Å². The van der Waals surface area contributed by atoms with Crippen LogP contribution >= 0.6 is 27.5 Å². The van der Waals surface area contributed by atoms with E-state index < -0.39 is 5.97 Å². The molecule has 3 aromatic carbocycles. The highest BCUT2D eigenvalue weighted by Gasteiger charge is 2.19. The van der Waals surface area contributed by atoms with E-state index in [0.717, 1.165) is 21.2 Å². The highest BCUT2D eigenvalue weighted by molar-refractivity contribution is 9.10. The maximum atomic E-state index is 13.0. The molecule has 0 aliphatic carbocycles. The van der Waals surface area contributed by atoms with Crippen LogP contribution in [0.5, 0.6) is 0 Å². The zero-order chi connectivity index (χ0) is 22.8. The molecule has 4 nitrogen and oxygen atoms in total. The van der Waals surface area contributed by atoms with Gasteiger partial charge < -0.3 is 4.74 Å². The number of esters is 1. The molecule has 0 aliphatic rings. The summed E-state index contributed by atoms with van der Waals surface area (Å²) in [7, 11) is 0. The second-order valence-corrected chi connectivity index (χ2v) is 8.82. The Hall–Kier alpha value is -3.02. The van der Waals surface area contributed by atoms with Gasteiger partial charge in [-0.1, -0.05) is 75.6 Å². The lowest BCUT2D eigenvalue weighted by molar-refractivity contribution is 0.0476. The number of nitrogens with zero attached hydrogens (tertiary/aromatic N) is 1. The lowest BCUT2D eigenvalue weighted by Gasteiger charge is -2.12. The van der Waals surface area contributed by atoms with E-state index in [-0.39, 0.29) is 12.4 Å². The molecule has 0 aliphatic heterocycles. The van der Waals surface area contributed by atoms with E-state index in [1.54, 1.807) is 42.5 Å². The molecule has 0 saturated heterocycles. The maximum Gasteiger partial charge on any atom is 0.339 e. The number of ether oxygens (including phenoxy) is 1. The van der Waals surface area contributed by atoms with Crippen molar-refractivity contribution in [3.8, 4) is 11.3 Å². The minimum atomic E-state index is -0.585. The molecular formula is C26H19BrClNO3. The fraction of sp³-hybridized carbons (Fsp3) is 0.115. The first kappa shape index (κ1) is 22.2. The zero-order valence-corrected chi connectivity index (χ0v) is 19.8. The molecule has 0 N–H and O–H groups in total. The molecule has 4 rings (SSSR count). The van der Waals surface area contributed by atoms with Gasteiger partial charge in [-0.25, -0.2) is 9.78 Å². The summed E-state index contributed by atoms with van der Waals surface area (Å²) in [4.78, 5) is 30.3. The Morgan fingerprint density at radius 3 is 2.34 bits per heavy atom. The number of hydrogen-bond donors (Lipinski definition) is 0. The van der Waals surface area contributed by atoms with Gasteiger partial charge in [0.25, 0.3) is 0 Å². The lowest BCUT2D eigenvalue weighted by Crippen LogP contribution is -2.15. The van der Waals surface area contributed by atoms with Gasteiger partial charge in [0.05, 0.1) is 16.8 Å². The maximum absolute atomic E-state index is 13.0. The number of ketones is 1. The van der Waals surface area contributed by atoms with Gasteiger partial charge in [-0.05, 0) is 43.7 Å². The minimum absolute atomic E-state index is 0.276. The smallest absolute Gasteiger partial charge is 0.339 e. The molecule has 4 aromatic rings. The summed E-state index contributed by atoms with van der Waals surface area (Å²) >= 11 is 9.66. The first-order valence-corrected chi connectivity index (χ1v) is 11.1. The Labute approximate surface area is 199 Å². The van der Waals surface area contributed by atoms with E-state index in [0.29, 0.717) is 32.7 Å². The number of hydrogen-bond acceptors (Lipinski definition) is 4. The second kappa shape index (κ2) is 9.23. The third kappa shape index (κ3) is 4.59.